The Morgan fingerprint density at radius 2 is 1.77 bits per heavy atom. The van der Waals surface area contributed by atoms with Gasteiger partial charge in [0, 0.05) is 30.7 Å². The Morgan fingerprint density at radius 3 is 2.43 bits per heavy atom. The van der Waals surface area contributed by atoms with Gasteiger partial charge in [-0.3, -0.25) is 4.57 Å². The molecule has 0 aliphatic carbocycles. The molecule has 1 aromatic heterocycles. The fourth-order valence-corrected chi connectivity index (χ4v) is 5.43. The molecule has 3 atom stereocenters. The predicted octanol–water partition coefficient (Wildman–Crippen LogP) is 7.93. The van der Waals surface area contributed by atoms with Crippen molar-refractivity contribution >= 4 is 7.37 Å². The van der Waals surface area contributed by atoms with Crippen molar-refractivity contribution in [3.63, 3.8) is 0 Å². The average molecular weight is 498 g/mol. The number of ether oxygens (including phenoxy) is 1. The molecule has 0 aliphatic heterocycles. The third-order valence-electron chi connectivity index (χ3n) is 6.62. The first-order valence-corrected chi connectivity index (χ1v) is 14.3. The van der Waals surface area contributed by atoms with Gasteiger partial charge in [0.05, 0.1) is 0 Å². The van der Waals surface area contributed by atoms with Crippen molar-refractivity contribution in [2.24, 2.45) is 5.41 Å². The van der Waals surface area contributed by atoms with Crippen LogP contribution in [0.2, 0.25) is 0 Å². The van der Waals surface area contributed by atoms with Gasteiger partial charge in [0.15, 0.2) is 7.37 Å². The Morgan fingerprint density at radius 1 is 1.06 bits per heavy atom. The Bertz CT molecular complexity index is 1230. The quantitative estimate of drug-likeness (QED) is 0.321. The zero-order valence-corrected chi connectivity index (χ0v) is 22.7. The molecule has 4 nitrogen and oxygen atoms in total. The molecule has 0 amide bonds. The maximum absolute atomic E-state index is 14.8. The van der Waals surface area contributed by atoms with Gasteiger partial charge in [0.1, 0.15) is 12.4 Å². The van der Waals surface area contributed by atoms with Gasteiger partial charge in [-0.2, -0.15) is 0 Å². The van der Waals surface area contributed by atoms with Gasteiger partial charge in [-0.05, 0) is 64.6 Å². The smallest absolute Gasteiger partial charge is 0.213 e. The summed E-state index contributed by atoms with van der Waals surface area (Å²) in [7, 11) is -3.12. The molecule has 0 bridgehead atoms. The number of nitrogens with zero attached hydrogens (tertiary/aromatic N) is 1. The third-order valence-corrected chi connectivity index (χ3v) is 7.85. The second-order valence-corrected chi connectivity index (χ2v) is 13.3. The first-order valence-electron chi connectivity index (χ1n) is 12.0. The lowest BCUT2D eigenvalue weighted by molar-refractivity contribution is 0.292. The largest absolute Gasteiger partial charge is 0.473 e. The van der Waals surface area contributed by atoms with E-state index < -0.39 is 7.37 Å². The van der Waals surface area contributed by atoms with Gasteiger partial charge in [-0.15, -0.1) is 0 Å². The van der Waals surface area contributed by atoms with E-state index in [2.05, 4.69) is 38.7 Å². The number of aromatic nitrogens is 1. The molecule has 0 saturated heterocycles. The average Bonchev–Trinajstić information content (AvgIpc) is 2.77. The maximum Gasteiger partial charge on any atom is 0.213 e. The van der Waals surface area contributed by atoms with Crippen molar-refractivity contribution in [3.8, 4) is 17.0 Å². The minimum Gasteiger partial charge on any atom is -0.473 e. The molecule has 2 unspecified atom stereocenters. The highest BCUT2D eigenvalue weighted by atomic mass is 31.2. The van der Waals surface area contributed by atoms with E-state index in [0.29, 0.717) is 18.1 Å². The Balaban J connectivity index is 1.90. The number of halogens is 1. The maximum atomic E-state index is 14.8. The molecule has 3 rings (SSSR count). The third kappa shape index (κ3) is 7.25. The lowest BCUT2D eigenvalue weighted by Gasteiger charge is -2.30. The van der Waals surface area contributed by atoms with Gasteiger partial charge in [-0.1, -0.05) is 64.4 Å². The molecule has 0 fully saturated rings. The van der Waals surface area contributed by atoms with Crippen molar-refractivity contribution in [1.29, 1.82) is 0 Å². The monoisotopic (exact) mass is 497 g/mol. The van der Waals surface area contributed by atoms with Crippen LogP contribution < -0.4 is 4.74 Å². The zero-order chi connectivity index (χ0) is 26.0. The highest BCUT2D eigenvalue weighted by Crippen LogP contribution is 2.42. The molecule has 0 spiro atoms. The van der Waals surface area contributed by atoms with Crippen molar-refractivity contribution in [1.82, 2.24) is 4.98 Å². The Kier molecular flexibility index (Phi) is 8.24. The molecule has 35 heavy (non-hydrogen) atoms. The molecule has 0 aliphatic rings. The van der Waals surface area contributed by atoms with Crippen LogP contribution in [-0.4, -0.2) is 22.7 Å². The first kappa shape index (κ1) is 27.1. The Labute approximate surface area is 209 Å². The van der Waals surface area contributed by atoms with Gasteiger partial charge in [0.25, 0.3) is 0 Å². The topological polar surface area (TPSA) is 59.4 Å². The van der Waals surface area contributed by atoms with E-state index in [-0.39, 0.29) is 29.2 Å². The van der Waals surface area contributed by atoms with E-state index in [9.17, 15) is 13.8 Å². The lowest BCUT2D eigenvalue weighted by Crippen LogP contribution is -2.16. The van der Waals surface area contributed by atoms with E-state index in [0.717, 1.165) is 27.8 Å². The number of benzene rings is 2. The summed E-state index contributed by atoms with van der Waals surface area (Å²) in [6.07, 6.45) is 1.87. The standard InChI is InChI=1S/C29H37FNO3P/c1-19-8-11-27(30)26(14-19)24-10-9-22(15-25(24)21(3)29(4,5)6)17-34-28-16-23(12-13-31-28)20(2)18-35(7,32)33/h8-16,20-21H,17-18H2,1-7H3,(H,32,33)/t20?,21-/m1/s1. The molecule has 0 saturated carbocycles. The summed E-state index contributed by atoms with van der Waals surface area (Å²) in [5.41, 5.74) is 5.50. The van der Waals surface area contributed by atoms with Crippen LogP contribution in [0.3, 0.4) is 0 Å². The molecular weight excluding hydrogens is 460 g/mol. The van der Waals surface area contributed by atoms with Crippen LogP contribution in [0.5, 0.6) is 5.88 Å². The highest BCUT2D eigenvalue weighted by Gasteiger charge is 2.25. The number of pyridine rings is 1. The van der Waals surface area contributed by atoms with Gasteiger partial charge >= 0.3 is 0 Å². The minimum absolute atomic E-state index is 0.00796. The molecule has 1 N–H and O–H groups in total. The van der Waals surface area contributed by atoms with E-state index in [1.54, 1.807) is 12.3 Å². The number of hydrogen-bond donors (Lipinski definition) is 1. The lowest BCUT2D eigenvalue weighted by atomic mass is 9.75. The van der Waals surface area contributed by atoms with Crippen molar-refractivity contribution in [2.75, 3.05) is 12.8 Å². The summed E-state index contributed by atoms with van der Waals surface area (Å²) in [6.45, 7) is 14.3. The van der Waals surface area contributed by atoms with Gasteiger partial charge in [-0.25, -0.2) is 9.37 Å². The molecule has 2 aromatic carbocycles. The van der Waals surface area contributed by atoms with Crippen LogP contribution in [0, 0.1) is 18.2 Å². The van der Waals surface area contributed by atoms with Crippen molar-refractivity contribution < 1.29 is 18.6 Å². The summed E-state index contributed by atoms with van der Waals surface area (Å²) in [4.78, 5) is 14.0. The summed E-state index contributed by atoms with van der Waals surface area (Å²) < 4.78 is 32.6. The normalized spacial score (nSPS) is 15.3. The van der Waals surface area contributed by atoms with Crippen molar-refractivity contribution in [2.45, 2.75) is 60.0 Å². The summed E-state index contributed by atoms with van der Waals surface area (Å²) in [5, 5.41) is 0. The summed E-state index contributed by atoms with van der Waals surface area (Å²) in [6, 6.07) is 15.0. The van der Waals surface area contributed by atoms with Crippen LogP contribution in [0.25, 0.3) is 11.1 Å². The molecule has 6 heteroatoms. The second kappa shape index (κ2) is 10.6. The molecule has 188 valence electrons. The Hall–Kier alpha value is -2.49. The minimum atomic E-state index is -3.12. The predicted molar refractivity (Wildman–Crippen MR) is 142 cm³/mol. The fourth-order valence-electron chi connectivity index (χ4n) is 4.20. The molecule has 1 heterocycles. The van der Waals surface area contributed by atoms with Crippen LogP contribution >= 0.6 is 7.37 Å². The number of rotatable bonds is 8. The van der Waals surface area contributed by atoms with Crippen LogP contribution in [0.15, 0.2) is 54.7 Å². The zero-order valence-electron chi connectivity index (χ0n) is 21.8. The van der Waals surface area contributed by atoms with Crippen LogP contribution in [0.1, 0.15) is 68.7 Å². The molecule has 3 aromatic rings. The number of hydrogen-bond acceptors (Lipinski definition) is 3. The number of aryl methyl sites for hydroxylation is 1. The van der Waals surface area contributed by atoms with Crippen LogP contribution in [-0.2, 0) is 11.2 Å². The van der Waals surface area contributed by atoms with E-state index in [4.69, 9.17) is 4.74 Å². The second-order valence-electron chi connectivity index (χ2n) is 10.8. The van der Waals surface area contributed by atoms with Crippen molar-refractivity contribution in [3.05, 3.63) is 82.8 Å². The SMILES string of the molecule is Cc1ccc(F)c(-c2ccc(COc3cc(C(C)CP(C)(=O)O)ccn3)cc2[C@@H](C)C(C)(C)C)c1. The van der Waals surface area contributed by atoms with Crippen LogP contribution in [0.4, 0.5) is 4.39 Å². The fraction of sp³-hybridized carbons (Fsp3) is 0.414. The molecular formula is C29H37FNO3P. The van der Waals surface area contributed by atoms with Gasteiger partial charge in [0.2, 0.25) is 5.88 Å². The molecule has 0 radical (unpaired) electrons. The van der Waals surface area contributed by atoms with E-state index in [1.807, 2.05) is 44.2 Å². The van der Waals surface area contributed by atoms with E-state index >= 15 is 0 Å². The first-order chi connectivity index (χ1) is 16.2. The highest BCUT2D eigenvalue weighted by molar-refractivity contribution is 7.57. The summed E-state index contributed by atoms with van der Waals surface area (Å²) >= 11 is 0. The van der Waals surface area contributed by atoms with Gasteiger partial charge < -0.3 is 9.63 Å². The van der Waals surface area contributed by atoms with E-state index in [1.165, 1.54) is 12.7 Å². The summed E-state index contributed by atoms with van der Waals surface area (Å²) in [5.74, 6) is 0.348.